The van der Waals surface area contributed by atoms with Gasteiger partial charge in [0, 0.05) is 31.5 Å². The van der Waals surface area contributed by atoms with Crippen LogP contribution < -0.4 is 4.74 Å². The Bertz CT molecular complexity index is 547. The molecule has 3 aliphatic rings. The van der Waals surface area contributed by atoms with Crippen molar-refractivity contribution in [2.45, 2.75) is 44.2 Å². The Kier molecular flexibility index (Phi) is 4.56. The molecule has 2 heterocycles. The highest BCUT2D eigenvalue weighted by Gasteiger charge is 2.37. The molecule has 0 unspecified atom stereocenters. The van der Waals surface area contributed by atoms with Gasteiger partial charge in [-0.2, -0.15) is 0 Å². The third-order valence-corrected chi connectivity index (χ3v) is 5.75. The van der Waals surface area contributed by atoms with Crippen LogP contribution in [-0.2, 0) is 17.6 Å². The molecule has 0 bridgehead atoms. The SMILES string of the molecule is O[C@@H]1CCC[C@H]1[C@H]1COCCN1CCc1ccc2c(c1)CCO2. The van der Waals surface area contributed by atoms with E-state index in [1.54, 1.807) is 0 Å². The van der Waals surface area contributed by atoms with Crippen molar-refractivity contribution >= 4 is 0 Å². The quantitative estimate of drug-likeness (QED) is 0.923. The highest BCUT2D eigenvalue weighted by Crippen LogP contribution is 2.32. The Labute approximate surface area is 138 Å². The summed E-state index contributed by atoms with van der Waals surface area (Å²) in [6, 6.07) is 7.01. The number of hydrogen-bond acceptors (Lipinski definition) is 4. The fraction of sp³-hybridized carbons (Fsp3) is 0.684. The summed E-state index contributed by atoms with van der Waals surface area (Å²) in [7, 11) is 0. The predicted octanol–water partition coefficient (Wildman–Crippen LogP) is 2.03. The summed E-state index contributed by atoms with van der Waals surface area (Å²) in [6.07, 6.45) is 5.22. The maximum Gasteiger partial charge on any atom is 0.122 e. The summed E-state index contributed by atoms with van der Waals surface area (Å²) >= 11 is 0. The van der Waals surface area contributed by atoms with Crippen molar-refractivity contribution in [1.82, 2.24) is 4.90 Å². The van der Waals surface area contributed by atoms with Crippen molar-refractivity contribution in [2.75, 3.05) is 32.9 Å². The third kappa shape index (κ3) is 3.25. The van der Waals surface area contributed by atoms with Crippen LogP contribution in [0.5, 0.6) is 5.75 Å². The summed E-state index contributed by atoms with van der Waals surface area (Å²) in [5.74, 6) is 1.45. The van der Waals surface area contributed by atoms with E-state index in [0.29, 0.717) is 12.0 Å². The third-order valence-electron chi connectivity index (χ3n) is 5.75. The van der Waals surface area contributed by atoms with Gasteiger partial charge in [-0.05, 0) is 36.5 Å². The molecular formula is C19H27NO3. The van der Waals surface area contributed by atoms with Crippen molar-refractivity contribution in [3.63, 3.8) is 0 Å². The van der Waals surface area contributed by atoms with Gasteiger partial charge in [-0.15, -0.1) is 0 Å². The van der Waals surface area contributed by atoms with Crippen molar-refractivity contribution in [1.29, 1.82) is 0 Å². The number of morpholine rings is 1. The number of ether oxygens (including phenoxy) is 2. The number of hydrogen-bond donors (Lipinski definition) is 1. The molecule has 126 valence electrons. The van der Waals surface area contributed by atoms with E-state index in [1.165, 1.54) is 11.1 Å². The second kappa shape index (κ2) is 6.80. The molecule has 0 spiro atoms. The Morgan fingerprint density at radius 2 is 2.17 bits per heavy atom. The molecule has 3 atom stereocenters. The molecule has 2 aliphatic heterocycles. The van der Waals surface area contributed by atoms with Gasteiger partial charge in [0.15, 0.2) is 0 Å². The Hall–Kier alpha value is -1.10. The normalized spacial score (nSPS) is 31.1. The minimum Gasteiger partial charge on any atom is -0.493 e. The summed E-state index contributed by atoms with van der Waals surface area (Å²) in [6.45, 7) is 4.46. The van der Waals surface area contributed by atoms with E-state index in [-0.39, 0.29) is 6.10 Å². The van der Waals surface area contributed by atoms with Crippen LogP contribution in [0.4, 0.5) is 0 Å². The van der Waals surface area contributed by atoms with Crippen molar-refractivity contribution in [3.8, 4) is 5.75 Å². The molecule has 1 aromatic rings. The predicted molar refractivity (Wildman–Crippen MR) is 88.9 cm³/mol. The minimum atomic E-state index is -0.138. The van der Waals surface area contributed by atoms with Crippen LogP contribution in [0.1, 0.15) is 30.4 Å². The van der Waals surface area contributed by atoms with Crippen LogP contribution in [0.25, 0.3) is 0 Å². The van der Waals surface area contributed by atoms with Gasteiger partial charge in [0.2, 0.25) is 0 Å². The lowest BCUT2D eigenvalue weighted by atomic mass is 9.94. The molecule has 1 saturated carbocycles. The van der Waals surface area contributed by atoms with E-state index in [9.17, 15) is 5.11 Å². The molecule has 0 radical (unpaired) electrons. The molecule has 2 fully saturated rings. The van der Waals surface area contributed by atoms with Crippen molar-refractivity contribution in [2.24, 2.45) is 5.92 Å². The molecule has 4 rings (SSSR count). The lowest BCUT2D eigenvalue weighted by molar-refractivity contribution is -0.0494. The zero-order valence-electron chi connectivity index (χ0n) is 13.7. The van der Waals surface area contributed by atoms with E-state index in [0.717, 1.165) is 70.8 Å². The Morgan fingerprint density at radius 3 is 3.04 bits per heavy atom. The maximum absolute atomic E-state index is 10.3. The van der Waals surface area contributed by atoms with Crippen LogP contribution in [0, 0.1) is 5.92 Å². The smallest absolute Gasteiger partial charge is 0.122 e. The first-order chi connectivity index (χ1) is 11.3. The first-order valence-electron chi connectivity index (χ1n) is 9.06. The van der Waals surface area contributed by atoms with Gasteiger partial charge >= 0.3 is 0 Å². The molecule has 0 amide bonds. The summed E-state index contributed by atoms with van der Waals surface area (Å²) in [4.78, 5) is 2.55. The fourth-order valence-corrected chi connectivity index (χ4v) is 4.42. The summed E-state index contributed by atoms with van der Waals surface area (Å²) in [5, 5.41) is 10.3. The van der Waals surface area contributed by atoms with Gasteiger partial charge in [0.25, 0.3) is 0 Å². The molecule has 0 aromatic heterocycles. The highest BCUT2D eigenvalue weighted by molar-refractivity contribution is 5.39. The number of fused-ring (bicyclic) bond motifs is 1. The number of nitrogens with zero attached hydrogens (tertiary/aromatic N) is 1. The molecule has 4 heteroatoms. The first kappa shape index (κ1) is 15.4. The molecule has 1 aromatic carbocycles. The molecule has 4 nitrogen and oxygen atoms in total. The van der Waals surface area contributed by atoms with E-state index in [1.807, 2.05) is 0 Å². The van der Waals surface area contributed by atoms with Gasteiger partial charge in [-0.25, -0.2) is 0 Å². The Morgan fingerprint density at radius 1 is 1.22 bits per heavy atom. The van der Waals surface area contributed by atoms with E-state index in [2.05, 4.69) is 23.1 Å². The minimum absolute atomic E-state index is 0.138. The van der Waals surface area contributed by atoms with Gasteiger partial charge in [0.1, 0.15) is 5.75 Å². The number of benzene rings is 1. The van der Waals surface area contributed by atoms with Gasteiger partial charge < -0.3 is 14.6 Å². The standard InChI is InChI=1S/C19H27NO3/c21-18-3-1-2-16(18)17-13-22-11-9-20(17)8-6-14-4-5-19-15(12-14)7-10-23-19/h4-5,12,16-18,21H,1-3,6-11,13H2/t16-,17+,18+/m0/s1. The van der Waals surface area contributed by atoms with Gasteiger partial charge in [-0.3, -0.25) is 4.90 Å². The second-order valence-electron chi connectivity index (χ2n) is 7.13. The largest absolute Gasteiger partial charge is 0.493 e. The first-order valence-corrected chi connectivity index (χ1v) is 9.06. The molecular weight excluding hydrogens is 290 g/mol. The van der Waals surface area contributed by atoms with Crippen molar-refractivity contribution in [3.05, 3.63) is 29.3 Å². The fourth-order valence-electron chi connectivity index (χ4n) is 4.42. The number of aliphatic hydroxyl groups is 1. The molecule has 1 N–H and O–H groups in total. The van der Waals surface area contributed by atoms with Gasteiger partial charge in [-0.1, -0.05) is 18.6 Å². The molecule has 23 heavy (non-hydrogen) atoms. The zero-order chi connectivity index (χ0) is 15.6. The zero-order valence-corrected chi connectivity index (χ0v) is 13.7. The second-order valence-corrected chi connectivity index (χ2v) is 7.13. The monoisotopic (exact) mass is 317 g/mol. The average Bonchev–Trinajstić information content (AvgIpc) is 3.21. The van der Waals surface area contributed by atoms with Crippen molar-refractivity contribution < 1.29 is 14.6 Å². The van der Waals surface area contributed by atoms with Crippen LogP contribution in [-0.4, -0.2) is 55.1 Å². The number of rotatable bonds is 4. The lowest BCUT2D eigenvalue weighted by Gasteiger charge is -2.40. The number of aliphatic hydroxyl groups excluding tert-OH is 1. The van der Waals surface area contributed by atoms with Crippen LogP contribution in [0.15, 0.2) is 18.2 Å². The Balaban J connectivity index is 1.40. The van der Waals surface area contributed by atoms with Crippen LogP contribution in [0.3, 0.4) is 0 Å². The lowest BCUT2D eigenvalue weighted by Crippen LogP contribution is -2.51. The topological polar surface area (TPSA) is 41.9 Å². The van der Waals surface area contributed by atoms with E-state index >= 15 is 0 Å². The highest BCUT2D eigenvalue weighted by atomic mass is 16.5. The van der Waals surface area contributed by atoms with E-state index in [4.69, 9.17) is 9.47 Å². The van der Waals surface area contributed by atoms with Crippen LogP contribution >= 0.6 is 0 Å². The summed E-state index contributed by atoms with van der Waals surface area (Å²) < 4.78 is 11.3. The molecule has 1 saturated heterocycles. The summed E-state index contributed by atoms with van der Waals surface area (Å²) in [5.41, 5.74) is 2.75. The van der Waals surface area contributed by atoms with E-state index < -0.39 is 0 Å². The molecule has 1 aliphatic carbocycles. The maximum atomic E-state index is 10.3. The average molecular weight is 317 g/mol. The van der Waals surface area contributed by atoms with Gasteiger partial charge in [0.05, 0.1) is 25.9 Å². The van der Waals surface area contributed by atoms with Crippen LogP contribution in [0.2, 0.25) is 0 Å².